The summed E-state index contributed by atoms with van der Waals surface area (Å²) < 4.78 is 60.0. The lowest BCUT2D eigenvalue weighted by Gasteiger charge is -2.20. The second kappa shape index (κ2) is 11.5. The van der Waals surface area contributed by atoms with Crippen LogP contribution in [-0.4, -0.2) is 49.2 Å². The first kappa shape index (κ1) is 28.5. The molecule has 3 rings (SSSR count). The molecule has 0 heterocycles. The van der Waals surface area contributed by atoms with Crippen LogP contribution in [0.25, 0.3) is 0 Å². The molecule has 0 aliphatic carbocycles. The standard InChI is InChI=1S/C25H29N3O6S3/c1-17(2)27-36(30,31)22-14-15-24(34-4)23(16-22)26-25(29)18-6-8-19(9-7-18)28(3)37(32,33)21-12-10-20(35-5)11-13-21/h6-17,27H,1-5H3,(H,26,29). The molecule has 0 aliphatic heterocycles. The number of thioether (sulfide) groups is 1. The van der Waals surface area contributed by atoms with E-state index in [2.05, 4.69) is 10.0 Å². The monoisotopic (exact) mass is 563 g/mol. The number of sulfonamides is 2. The quantitative estimate of drug-likeness (QED) is 0.355. The number of carbonyl (C=O) groups excluding carboxylic acids is 1. The first-order chi connectivity index (χ1) is 17.4. The van der Waals surface area contributed by atoms with Crippen molar-refractivity contribution < 1.29 is 26.4 Å². The molecule has 198 valence electrons. The predicted molar refractivity (Wildman–Crippen MR) is 147 cm³/mol. The van der Waals surface area contributed by atoms with Gasteiger partial charge in [0.05, 0.1) is 28.3 Å². The van der Waals surface area contributed by atoms with Crippen molar-refractivity contribution in [1.82, 2.24) is 4.72 Å². The number of amides is 1. The van der Waals surface area contributed by atoms with Gasteiger partial charge in [0.15, 0.2) is 0 Å². The summed E-state index contributed by atoms with van der Waals surface area (Å²) >= 11 is 1.52. The van der Waals surface area contributed by atoms with E-state index in [1.807, 2.05) is 6.26 Å². The topological polar surface area (TPSA) is 122 Å². The molecule has 0 radical (unpaired) electrons. The fourth-order valence-electron chi connectivity index (χ4n) is 3.39. The van der Waals surface area contributed by atoms with E-state index in [0.29, 0.717) is 5.69 Å². The molecule has 3 aromatic rings. The molecule has 0 spiro atoms. The Hall–Kier alpha value is -3.06. The Balaban J connectivity index is 1.82. The Morgan fingerprint density at radius 3 is 2.05 bits per heavy atom. The Morgan fingerprint density at radius 2 is 1.51 bits per heavy atom. The van der Waals surface area contributed by atoms with Gasteiger partial charge in [-0.05, 0) is 86.8 Å². The largest absolute Gasteiger partial charge is 0.495 e. The highest BCUT2D eigenvalue weighted by Gasteiger charge is 2.22. The molecule has 0 saturated carbocycles. The molecule has 0 atom stereocenters. The van der Waals surface area contributed by atoms with Gasteiger partial charge in [0.25, 0.3) is 15.9 Å². The van der Waals surface area contributed by atoms with Crippen LogP contribution in [0.2, 0.25) is 0 Å². The summed E-state index contributed by atoms with van der Waals surface area (Å²) in [5.41, 5.74) is 0.794. The van der Waals surface area contributed by atoms with E-state index in [1.54, 1.807) is 38.1 Å². The molecule has 0 aliphatic rings. The van der Waals surface area contributed by atoms with Gasteiger partial charge >= 0.3 is 0 Å². The van der Waals surface area contributed by atoms with Gasteiger partial charge in [-0.1, -0.05) is 0 Å². The van der Waals surface area contributed by atoms with E-state index in [4.69, 9.17) is 4.74 Å². The van der Waals surface area contributed by atoms with Crippen LogP contribution in [0, 0.1) is 0 Å². The van der Waals surface area contributed by atoms with Crippen LogP contribution in [0.15, 0.2) is 81.4 Å². The highest BCUT2D eigenvalue weighted by Crippen LogP contribution is 2.29. The summed E-state index contributed by atoms with van der Waals surface area (Å²) in [6.45, 7) is 3.41. The highest BCUT2D eigenvalue weighted by molar-refractivity contribution is 7.98. The van der Waals surface area contributed by atoms with E-state index in [1.165, 1.54) is 68.4 Å². The number of ether oxygens (including phenoxy) is 1. The van der Waals surface area contributed by atoms with Crippen molar-refractivity contribution in [2.75, 3.05) is 30.0 Å². The molecule has 12 heteroatoms. The fourth-order valence-corrected chi connectivity index (χ4v) is 6.27. The third kappa shape index (κ3) is 6.63. The summed E-state index contributed by atoms with van der Waals surface area (Å²) in [5.74, 6) is -0.235. The van der Waals surface area contributed by atoms with Crippen molar-refractivity contribution in [3.63, 3.8) is 0 Å². The van der Waals surface area contributed by atoms with Crippen LogP contribution >= 0.6 is 11.8 Å². The van der Waals surface area contributed by atoms with Crippen LogP contribution in [0.4, 0.5) is 11.4 Å². The number of anilines is 2. The number of nitrogens with one attached hydrogen (secondary N) is 2. The number of hydrogen-bond donors (Lipinski definition) is 2. The molecule has 0 fully saturated rings. The molecule has 0 saturated heterocycles. The summed E-state index contributed by atoms with van der Waals surface area (Å²) in [4.78, 5) is 14.0. The van der Waals surface area contributed by atoms with Crippen molar-refractivity contribution >= 4 is 49.1 Å². The van der Waals surface area contributed by atoms with Crippen molar-refractivity contribution in [2.45, 2.75) is 34.6 Å². The van der Waals surface area contributed by atoms with Gasteiger partial charge in [-0.3, -0.25) is 9.10 Å². The smallest absolute Gasteiger partial charge is 0.264 e. The Labute approximate surface area is 222 Å². The first-order valence-corrected chi connectivity index (χ1v) is 15.3. The zero-order valence-electron chi connectivity index (χ0n) is 21.0. The zero-order valence-corrected chi connectivity index (χ0v) is 23.5. The summed E-state index contributed by atoms with van der Waals surface area (Å²) in [5, 5.41) is 2.67. The van der Waals surface area contributed by atoms with E-state index in [-0.39, 0.29) is 32.8 Å². The van der Waals surface area contributed by atoms with Crippen molar-refractivity contribution in [3.05, 3.63) is 72.3 Å². The van der Waals surface area contributed by atoms with Crippen LogP contribution < -0.4 is 19.1 Å². The predicted octanol–water partition coefficient (Wildman–Crippen LogP) is 4.18. The van der Waals surface area contributed by atoms with Gasteiger partial charge in [0, 0.05) is 23.5 Å². The van der Waals surface area contributed by atoms with E-state index < -0.39 is 26.0 Å². The molecule has 1 amide bonds. The maximum atomic E-state index is 13.0. The van der Waals surface area contributed by atoms with Gasteiger partial charge in [-0.2, -0.15) is 0 Å². The number of carbonyl (C=O) groups is 1. The summed E-state index contributed by atoms with van der Waals surface area (Å²) in [7, 11) is -4.73. The van der Waals surface area contributed by atoms with Crippen LogP contribution in [0.5, 0.6) is 5.75 Å². The fraction of sp³-hybridized carbons (Fsp3) is 0.240. The Bertz CT molecular complexity index is 1470. The van der Waals surface area contributed by atoms with Crippen molar-refractivity contribution in [1.29, 1.82) is 0 Å². The number of benzene rings is 3. The van der Waals surface area contributed by atoms with Gasteiger partial charge in [-0.15, -0.1) is 11.8 Å². The Kier molecular flexibility index (Phi) is 8.90. The maximum absolute atomic E-state index is 13.0. The minimum absolute atomic E-state index is 0.0231. The zero-order chi connectivity index (χ0) is 27.4. The van der Waals surface area contributed by atoms with Gasteiger partial charge < -0.3 is 10.1 Å². The number of nitrogens with zero attached hydrogens (tertiary/aromatic N) is 1. The van der Waals surface area contributed by atoms with Gasteiger partial charge in [-0.25, -0.2) is 21.6 Å². The van der Waals surface area contributed by atoms with Crippen LogP contribution in [0.3, 0.4) is 0 Å². The number of rotatable bonds is 10. The molecule has 9 nitrogen and oxygen atoms in total. The van der Waals surface area contributed by atoms with E-state index in [9.17, 15) is 21.6 Å². The second-order valence-electron chi connectivity index (χ2n) is 8.29. The lowest BCUT2D eigenvalue weighted by Crippen LogP contribution is -2.30. The SMILES string of the molecule is COc1ccc(S(=O)(=O)NC(C)C)cc1NC(=O)c1ccc(N(C)S(=O)(=O)c2ccc(SC)cc2)cc1. The summed E-state index contributed by atoms with van der Waals surface area (Å²) in [6.07, 6.45) is 1.91. The third-order valence-electron chi connectivity index (χ3n) is 5.33. The van der Waals surface area contributed by atoms with Crippen LogP contribution in [-0.2, 0) is 20.0 Å². The molecule has 0 bridgehead atoms. The molecular formula is C25H29N3O6S3. The highest BCUT2D eigenvalue weighted by atomic mass is 32.2. The average Bonchev–Trinajstić information content (AvgIpc) is 2.87. The average molecular weight is 564 g/mol. The molecule has 2 N–H and O–H groups in total. The molecular weight excluding hydrogens is 534 g/mol. The summed E-state index contributed by atoms with van der Waals surface area (Å²) in [6, 6.07) is 16.5. The second-order valence-corrected chi connectivity index (χ2v) is 12.9. The Morgan fingerprint density at radius 1 is 0.919 bits per heavy atom. The molecule has 0 unspecified atom stereocenters. The van der Waals surface area contributed by atoms with Gasteiger partial charge in [0.2, 0.25) is 10.0 Å². The lowest BCUT2D eigenvalue weighted by atomic mass is 10.2. The molecule has 37 heavy (non-hydrogen) atoms. The first-order valence-electron chi connectivity index (χ1n) is 11.1. The van der Waals surface area contributed by atoms with E-state index in [0.717, 1.165) is 9.20 Å². The van der Waals surface area contributed by atoms with Crippen molar-refractivity contribution in [3.8, 4) is 5.75 Å². The molecule has 0 aromatic heterocycles. The minimum atomic E-state index is -3.79. The number of hydrogen-bond acceptors (Lipinski definition) is 7. The lowest BCUT2D eigenvalue weighted by molar-refractivity contribution is 0.102. The normalized spacial score (nSPS) is 11.8. The molecule has 3 aromatic carbocycles. The van der Waals surface area contributed by atoms with E-state index >= 15 is 0 Å². The maximum Gasteiger partial charge on any atom is 0.264 e. The van der Waals surface area contributed by atoms with Crippen molar-refractivity contribution in [2.24, 2.45) is 0 Å². The third-order valence-corrected chi connectivity index (χ3v) is 9.53. The minimum Gasteiger partial charge on any atom is -0.495 e. The van der Waals surface area contributed by atoms with Crippen LogP contribution in [0.1, 0.15) is 24.2 Å². The number of methoxy groups -OCH3 is 1. The van der Waals surface area contributed by atoms with Gasteiger partial charge in [0.1, 0.15) is 5.75 Å².